The summed E-state index contributed by atoms with van der Waals surface area (Å²) in [4.78, 5) is 10.6. The molecule has 0 bridgehead atoms. The average molecular weight is 271 g/mol. The molecule has 6 nitrogen and oxygen atoms in total. The van der Waals surface area contributed by atoms with Crippen LogP contribution in [-0.4, -0.2) is 37.2 Å². The van der Waals surface area contributed by atoms with Gasteiger partial charge in [-0.05, 0) is 17.7 Å². The molecule has 0 saturated heterocycles. The summed E-state index contributed by atoms with van der Waals surface area (Å²) in [5, 5.41) is 17.4. The summed E-state index contributed by atoms with van der Waals surface area (Å²) in [6.07, 6.45) is 1.55. The van der Waals surface area contributed by atoms with Crippen molar-refractivity contribution in [2.24, 2.45) is 0 Å². The number of hydrogen-bond acceptors (Lipinski definition) is 4. The summed E-state index contributed by atoms with van der Waals surface area (Å²) in [5.74, 6) is -1.44. The minimum atomic E-state index is -3.97. The van der Waals surface area contributed by atoms with Crippen molar-refractivity contribution in [3.63, 3.8) is 0 Å². The summed E-state index contributed by atoms with van der Waals surface area (Å²) in [5.41, 5.74) is 0.742. The van der Waals surface area contributed by atoms with Crippen LogP contribution in [0.1, 0.15) is 5.56 Å². The molecule has 3 N–H and O–H groups in total. The van der Waals surface area contributed by atoms with E-state index >= 15 is 0 Å². The molecule has 1 aromatic carbocycles. The van der Waals surface area contributed by atoms with Crippen LogP contribution in [0.4, 0.5) is 0 Å². The first-order valence-electron chi connectivity index (χ1n) is 4.99. The fourth-order valence-corrected chi connectivity index (χ4v) is 2.38. The average Bonchev–Trinajstić information content (AvgIpc) is 2.35. The summed E-state index contributed by atoms with van der Waals surface area (Å²) in [6.45, 7) is 2.71. The van der Waals surface area contributed by atoms with Gasteiger partial charge in [-0.2, -0.15) is 4.72 Å². The second-order valence-corrected chi connectivity index (χ2v) is 5.18. The topological polar surface area (TPSA) is 104 Å². The number of hydrogen-bond donors (Lipinski definition) is 3. The van der Waals surface area contributed by atoms with Crippen molar-refractivity contribution in [3.05, 3.63) is 36.4 Å². The molecule has 0 saturated carbocycles. The van der Waals surface area contributed by atoms with Gasteiger partial charge in [-0.15, -0.1) is 0 Å². The summed E-state index contributed by atoms with van der Waals surface area (Å²) in [7, 11) is -3.97. The van der Waals surface area contributed by atoms with E-state index in [4.69, 9.17) is 10.2 Å². The Hall–Kier alpha value is -1.70. The molecule has 0 amide bonds. The monoisotopic (exact) mass is 271 g/mol. The van der Waals surface area contributed by atoms with Crippen molar-refractivity contribution in [1.29, 1.82) is 0 Å². The minimum Gasteiger partial charge on any atom is -0.480 e. The SMILES string of the molecule is C=Cc1ccc(S(=O)(=O)N[C@@H](CO)C(=O)O)cc1. The van der Waals surface area contributed by atoms with Gasteiger partial charge in [-0.25, -0.2) is 8.42 Å². The Morgan fingerprint density at radius 2 is 1.94 bits per heavy atom. The number of carboxylic acids is 1. The predicted molar refractivity (Wildman–Crippen MR) is 65.4 cm³/mol. The molecule has 98 valence electrons. The van der Waals surface area contributed by atoms with E-state index < -0.39 is 28.6 Å². The first-order valence-corrected chi connectivity index (χ1v) is 6.47. The van der Waals surface area contributed by atoms with Gasteiger partial charge >= 0.3 is 5.97 Å². The van der Waals surface area contributed by atoms with Gasteiger partial charge in [0, 0.05) is 0 Å². The van der Waals surface area contributed by atoms with Crippen LogP contribution in [-0.2, 0) is 14.8 Å². The van der Waals surface area contributed by atoms with E-state index in [1.54, 1.807) is 6.08 Å². The molecular weight excluding hydrogens is 258 g/mol. The van der Waals surface area contributed by atoms with Crippen molar-refractivity contribution in [1.82, 2.24) is 4.72 Å². The third-order valence-corrected chi connectivity index (χ3v) is 3.69. The largest absolute Gasteiger partial charge is 0.480 e. The quantitative estimate of drug-likeness (QED) is 0.678. The highest BCUT2D eigenvalue weighted by molar-refractivity contribution is 7.89. The lowest BCUT2D eigenvalue weighted by atomic mass is 10.2. The van der Waals surface area contributed by atoms with Gasteiger partial charge in [0.05, 0.1) is 11.5 Å². The molecule has 7 heteroatoms. The summed E-state index contributed by atoms with van der Waals surface area (Å²) < 4.78 is 25.5. The number of benzene rings is 1. The number of sulfonamides is 1. The third-order valence-electron chi connectivity index (χ3n) is 2.20. The number of aliphatic hydroxyl groups is 1. The number of aliphatic carboxylic acids is 1. The van der Waals surface area contributed by atoms with Crippen molar-refractivity contribution in [2.45, 2.75) is 10.9 Å². The van der Waals surface area contributed by atoms with E-state index in [1.807, 2.05) is 4.72 Å². The number of carboxylic acid groups (broad SMARTS) is 1. The zero-order valence-corrected chi connectivity index (χ0v) is 10.2. The number of rotatable bonds is 6. The Morgan fingerprint density at radius 3 is 2.33 bits per heavy atom. The standard InChI is InChI=1S/C11H13NO5S/c1-2-8-3-5-9(6-4-8)18(16,17)12-10(7-13)11(14)15/h2-6,10,12-13H,1,7H2,(H,14,15)/t10-/m0/s1. The Labute approximate surface area is 105 Å². The van der Waals surface area contributed by atoms with Crippen LogP contribution in [0, 0.1) is 0 Å². The van der Waals surface area contributed by atoms with E-state index in [0.29, 0.717) is 0 Å². The van der Waals surface area contributed by atoms with Crippen molar-refractivity contribution < 1.29 is 23.4 Å². The lowest BCUT2D eigenvalue weighted by molar-refractivity contribution is -0.139. The lowest BCUT2D eigenvalue weighted by Crippen LogP contribution is -2.43. The molecule has 0 aliphatic rings. The second-order valence-electron chi connectivity index (χ2n) is 3.47. The summed E-state index contributed by atoms with van der Waals surface area (Å²) >= 11 is 0. The van der Waals surface area contributed by atoms with Gasteiger partial charge in [0.25, 0.3) is 0 Å². The fourth-order valence-electron chi connectivity index (χ4n) is 1.20. The molecule has 0 aromatic heterocycles. The highest BCUT2D eigenvalue weighted by Gasteiger charge is 2.24. The van der Waals surface area contributed by atoms with Crippen LogP contribution < -0.4 is 4.72 Å². The Balaban J connectivity index is 2.98. The molecule has 0 spiro atoms. The van der Waals surface area contributed by atoms with Crippen molar-refractivity contribution in [3.8, 4) is 0 Å². The highest BCUT2D eigenvalue weighted by Crippen LogP contribution is 2.11. The minimum absolute atomic E-state index is 0.0761. The Kier molecular flexibility index (Phi) is 4.60. The maximum Gasteiger partial charge on any atom is 0.324 e. The maximum absolute atomic E-state index is 11.8. The molecule has 1 atom stereocenters. The van der Waals surface area contributed by atoms with E-state index in [-0.39, 0.29) is 4.90 Å². The van der Waals surface area contributed by atoms with Gasteiger partial charge in [-0.3, -0.25) is 4.79 Å². The number of nitrogens with one attached hydrogen (secondary N) is 1. The lowest BCUT2D eigenvalue weighted by Gasteiger charge is -2.12. The zero-order chi connectivity index (χ0) is 13.8. The molecule has 0 radical (unpaired) electrons. The van der Waals surface area contributed by atoms with Crippen LogP contribution in [0.2, 0.25) is 0 Å². The highest BCUT2D eigenvalue weighted by atomic mass is 32.2. The first-order chi connectivity index (χ1) is 8.40. The molecule has 0 fully saturated rings. The van der Waals surface area contributed by atoms with Crippen LogP contribution in [0.3, 0.4) is 0 Å². The molecule has 1 aromatic rings. The van der Waals surface area contributed by atoms with Crippen molar-refractivity contribution in [2.75, 3.05) is 6.61 Å². The van der Waals surface area contributed by atoms with Gasteiger partial charge in [0.15, 0.2) is 0 Å². The third kappa shape index (κ3) is 3.39. The number of aliphatic hydroxyl groups excluding tert-OH is 1. The Morgan fingerprint density at radius 1 is 1.39 bits per heavy atom. The molecule has 18 heavy (non-hydrogen) atoms. The molecule has 0 aliphatic carbocycles. The van der Waals surface area contributed by atoms with E-state index in [0.717, 1.165) is 5.56 Å². The van der Waals surface area contributed by atoms with Gasteiger partial charge in [0.1, 0.15) is 6.04 Å². The van der Waals surface area contributed by atoms with Gasteiger partial charge in [0.2, 0.25) is 10.0 Å². The van der Waals surface area contributed by atoms with Crippen LogP contribution in [0.25, 0.3) is 6.08 Å². The molecule has 0 unspecified atom stereocenters. The van der Waals surface area contributed by atoms with Gasteiger partial charge < -0.3 is 10.2 Å². The zero-order valence-electron chi connectivity index (χ0n) is 9.41. The normalized spacial score (nSPS) is 12.9. The summed E-state index contributed by atoms with van der Waals surface area (Å²) in [6, 6.07) is 4.17. The number of carbonyl (C=O) groups is 1. The second kappa shape index (κ2) is 5.76. The molecule has 0 heterocycles. The van der Waals surface area contributed by atoms with Gasteiger partial charge in [-0.1, -0.05) is 24.8 Å². The van der Waals surface area contributed by atoms with Crippen LogP contribution >= 0.6 is 0 Å². The van der Waals surface area contributed by atoms with Crippen LogP contribution in [0.5, 0.6) is 0 Å². The van der Waals surface area contributed by atoms with E-state index in [9.17, 15) is 13.2 Å². The van der Waals surface area contributed by atoms with Crippen molar-refractivity contribution >= 4 is 22.1 Å². The fraction of sp³-hybridized carbons (Fsp3) is 0.182. The Bertz CT molecular complexity index is 535. The van der Waals surface area contributed by atoms with E-state index in [2.05, 4.69) is 6.58 Å². The van der Waals surface area contributed by atoms with E-state index in [1.165, 1.54) is 24.3 Å². The van der Waals surface area contributed by atoms with Crippen LogP contribution in [0.15, 0.2) is 35.7 Å². The predicted octanol–water partition coefficient (Wildman–Crippen LogP) is 0.0534. The molecule has 1 rings (SSSR count). The maximum atomic E-state index is 11.8. The molecule has 0 aliphatic heterocycles. The smallest absolute Gasteiger partial charge is 0.324 e. The first kappa shape index (κ1) is 14.4. The molecular formula is C11H13NO5S.